The lowest BCUT2D eigenvalue weighted by Crippen LogP contribution is -2.40. The molecule has 1 fully saturated rings. The Bertz CT molecular complexity index is 1010. The summed E-state index contributed by atoms with van der Waals surface area (Å²) in [5, 5.41) is 7.76. The third kappa shape index (κ3) is 5.07. The summed E-state index contributed by atoms with van der Waals surface area (Å²) >= 11 is 6.26. The van der Waals surface area contributed by atoms with Gasteiger partial charge in [-0.2, -0.15) is 4.98 Å². The van der Waals surface area contributed by atoms with Crippen molar-refractivity contribution < 1.29 is 9.32 Å². The molecule has 30 heavy (non-hydrogen) atoms. The zero-order valence-electron chi connectivity index (χ0n) is 17.0. The van der Waals surface area contributed by atoms with Crippen LogP contribution in [0.1, 0.15) is 29.9 Å². The van der Waals surface area contributed by atoms with Crippen molar-refractivity contribution >= 4 is 17.5 Å². The van der Waals surface area contributed by atoms with Crippen molar-refractivity contribution in [3.63, 3.8) is 0 Å². The van der Waals surface area contributed by atoms with Crippen molar-refractivity contribution in [2.75, 3.05) is 13.1 Å². The summed E-state index contributed by atoms with van der Waals surface area (Å²) in [6, 6.07) is 15.8. The standard InChI is InChI=1S/C23H25ClN4O2/c1-16-5-4-7-18(13-16)22-26-21(30-27-22)14-25-23(29)17-9-11-28(12-10-17)15-19-6-2-3-8-20(19)24/h2-8,13,17H,9-12,14-15H2,1H3,(H,25,29). The van der Waals surface area contributed by atoms with Crippen molar-refractivity contribution in [2.45, 2.75) is 32.9 Å². The summed E-state index contributed by atoms with van der Waals surface area (Å²) in [4.78, 5) is 19.3. The zero-order valence-corrected chi connectivity index (χ0v) is 17.7. The largest absolute Gasteiger partial charge is 0.347 e. The monoisotopic (exact) mass is 424 g/mol. The van der Waals surface area contributed by atoms with Crippen molar-refractivity contribution in [1.29, 1.82) is 0 Å². The van der Waals surface area contributed by atoms with Gasteiger partial charge in [-0.3, -0.25) is 9.69 Å². The van der Waals surface area contributed by atoms with E-state index in [1.807, 2.05) is 49.4 Å². The molecule has 3 aromatic rings. The van der Waals surface area contributed by atoms with Gasteiger partial charge in [-0.05, 0) is 50.6 Å². The number of carbonyl (C=O) groups is 1. The predicted molar refractivity (Wildman–Crippen MR) is 116 cm³/mol. The summed E-state index contributed by atoms with van der Waals surface area (Å²) in [6.45, 7) is 4.84. The number of likely N-dealkylation sites (tertiary alicyclic amines) is 1. The number of nitrogens with zero attached hydrogens (tertiary/aromatic N) is 3. The molecule has 0 radical (unpaired) electrons. The molecule has 1 saturated heterocycles. The lowest BCUT2D eigenvalue weighted by molar-refractivity contribution is -0.126. The molecule has 0 atom stereocenters. The van der Waals surface area contributed by atoms with E-state index in [1.165, 1.54) is 0 Å². The molecule has 1 aromatic heterocycles. The van der Waals surface area contributed by atoms with Crippen LogP contribution in [-0.2, 0) is 17.9 Å². The van der Waals surface area contributed by atoms with Crippen molar-refractivity contribution in [3.05, 3.63) is 70.6 Å². The van der Waals surface area contributed by atoms with E-state index >= 15 is 0 Å². The van der Waals surface area contributed by atoms with E-state index in [2.05, 4.69) is 26.4 Å². The topological polar surface area (TPSA) is 71.3 Å². The van der Waals surface area contributed by atoms with Gasteiger partial charge in [-0.25, -0.2) is 0 Å². The highest BCUT2D eigenvalue weighted by Gasteiger charge is 2.25. The number of aryl methyl sites for hydroxylation is 1. The number of aromatic nitrogens is 2. The molecule has 1 aliphatic rings. The van der Waals surface area contributed by atoms with E-state index in [0.29, 0.717) is 11.7 Å². The third-order valence-corrected chi connectivity index (χ3v) is 5.84. The van der Waals surface area contributed by atoms with Gasteiger partial charge in [0.15, 0.2) is 0 Å². The van der Waals surface area contributed by atoms with Gasteiger partial charge in [0.25, 0.3) is 0 Å². The number of rotatable bonds is 6. The van der Waals surface area contributed by atoms with Crippen molar-refractivity contribution in [1.82, 2.24) is 20.4 Å². The van der Waals surface area contributed by atoms with Crippen LogP contribution in [0.3, 0.4) is 0 Å². The van der Waals surface area contributed by atoms with Crippen molar-refractivity contribution in [3.8, 4) is 11.4 Å². The molecule has 0 bridgehead atoms. The van der Waals surface area contributed by atoms with Gasteiger partial charge in [0.05, 0.1) is 6.54 Å². The number of hydrogen-bond acceptors (Lipinski definition) is 5. The fraction of sp³-hybridized carbons (Fsp3) is 0.348. The van der Waals surface area contributed by atoms with E-state index in [1.54, 1.807) is 0 Å². The first-order valence-electron chi connectivity index (χ1n) is 10.2. The molecule has 0 saturated carbocycles. The number of amides is 1. The number of halogens is 1. The maximum absolute atomic E-state index is 12.6. The van der Waals surface area contributed by atoms with E-state index in [-0.39, 0.29) is 18.4 Å². The molecule has 0 aliphatic carbocycles. The lowest BCUT2D eigenvalue weighted by atomic mass is 9.95. The van der Waals surface area contributed by atoms with Crippen LogP contribution in [0.15, 0.2) is 53.1 Å². The van der Waals surface area contributed by atoms with Crippen LogP contribution in [0, 0.1) is 12.8 Å². The normalized spacial score (nSPS) is 15.3. The van der Waals surface area contributed by atoms with Crippen LogP contribution in [0.4, 0.5) is 0 Å². The average Bonchev–Trinajstić information content (AvgIpc) is 3.23. The molecule has 156 valence electrons. The SMILES string of the molecule is Cc1cccc(-c2noc(CNC(=O)C3CCN(Cc4ccccc4Cl)CC3)n2)c1. The van der Waals surface area contributed by atoms with Gasteiger partial charge < -0.3 is 9.84 Å². The van der Waals surface area contributed by atoms with Gasteiger partial charge in [-0.1, -0.05) is 58.7 Å². The number of hydrogen-bond donors (Lipinski definition) is 1. The molecular formula is C23H25ClN4O2. The highest BCUT2D eigenvalue weighted by molar-refractivity contribution is 6.31. The van der Waals surface area contributed by atoms with Crippen LogP contribution in [-0.4, -0.2) is 34.0 Å². The molecule has 1 amide bonds. The van der Waals surface area contributed by atoms with Crippen LogP contribution in [0.2, 0.25) is 5.02 Å². The van der Waals surface area contributed by atoms with Crippen LogP contribution < -0.4 is 5.32 Å². The Morgan fingerprint density at radius 2 is 2.00 bits per heavy atom. The molecule has 1 N–H and O–H groups in total. The minimum absolute atomic E-state index is 0.00617. The fourth-order valence-corrected chi connectivity index (χ4v) is 3.95. The molecule has 4 rings (SSSR count). The summed E-state index contributed by atoms with van der Waals surface area (Å²) in [5.41, 5.74) is 3.16. The molecule has 1 aliphatic heterocycles. The number of piperidine rings is 1. The molecular weight excluding hydrogens is 400 g/mol. The Labute approximate surface area is 181 Å². The van der Waals surface area contributed by atoms with Gasteiger partial charge in [0, 0.05) is 23.0 Å². The number of carbonyl (C=O) groups excluding carboxylic acids is 1. The van der Waals surface area contributed by atoms with Crippen LogP contribution >= 0.6 is 11.6 Å². The summed E-state index contributed by atoms with van der Waals surface area (Å²) < 4.78 is 5.29. The van der Waals surface area contributed by atoms with Crippen LogP contribution in [0.5, 0.6) is 0 Å². The van der Waals surface area contributed by atoms with Crippen LogP contribution in [0.25, 0.3) is 11.4 Å². The van der Waals surface area contributed by atoms with Gasteiger partial charge in [0.1, 0.15) is 0 Å². The summed E-state index contributed by atoms with van der Waals surface area (Å²) in [7, 11) is 0. The average molecular weight is 425 g/mol. The van der Waals surface area contributed by atoms with E-state index < -0.39 is 0 Å². The fourth-order valence-electron chi connectivity index (χ4n) is 3.76. The number of benzene rings is 2. The Hall–Kier alpha value is -2.70. The molecule has 0 unspecified atom stereocenters. The van der Waals surface area contributed by atoms with Gasteiger partial charge in [-0.15, -0.1) is 0 Å². The van der Waals surface area contributed by atoms with E-state index in [9.17, 15) is 4.79 Å². The molecule has 2 heterocycles. The zero-order chi connectivity index (χ0) is 20.9. The second kappa shape index (κ2) is 9.41. The Kier molecular flexibility index (Phi) is 6.45. The van der Waals surface area contributed by atoms with E-state index in [4.69, 9.17) is 16.1 Å². The summed E-state index contributed by atoms with van der Waals surface area (Å²) in [5.74, 6) is 1.00. The van der Waals surface area contributed by atoms with Crippen molar-refractivity contribution in [2.24, 2.45) is 5.92 Å². The van der Waals surface area contributed by atoms with E-state index in [0.717, 1.165) is 54.2 Å². The smallest absolute Gasteiger partial charge is 0.246 e. The number of nitrogens with one attached hydrogen (secondary N) is 1. The Morgan fingerprint density at radius 1 is 1.20 bits per heavy atom. The minimum Gasteiger partial charge on any atom is -0.347 e. The second-order valence-electron chi connectivity index (χ2n) is 7.74. The first-order chi connectivity index (χ1) is 14.6. The second-order valence-corrected chi connectivity index (χ2v) is 8.15. The maximum Gasteiger partial charge on any atom is 0.246 e. The predicted octanol–water partition coefficient (Wildman–Crippen LogP) is 4.23. The lowest BCUT2D eigenvalue weighted by Gasteiger charge is -2.31. The first-order valence-corrected chi connectivity index (χ1v) is 10.6. The van der Waals surface area contributed by atoms with Gasteiger partial charge >= 0.3 is 0 Å². The molecule has 6 nitrogen and oxygen atoms in total. The highest BCUT2D eigenvalue weighted by atomic mass is 35.5. The third-order valence-electron chi connectivity index (χ3n) is 5.47. The quantitative estimate of drug-likeness (QED) is 0.641. The summed E-state index contributed by atoms with van der Waals surface area (Å²) in [6.07, 6.45) is 1.66. The first kappa shape index (κ1) is 20.6. The molecule has 2 aromatic carbocycles. The highest BCUT2D eigenvalue weighted by Crippen LogP contribution is 2.22. The molecule has 7 heteroatoms. The minimum atomic E-state index is 0.00617. The molecule has 0 spiro atoms. The Morgan fingerprint density at radius 3 is 2.77 bits per heavy atom. The Balaban J connectivity index is 1.25. The van der Waals surface area contributed by atoms with Gasteiger partial charge in [0.2, 0.25) is 17.6 Å². The maximum atomic E-state index is 12.6.